The van der Waals surface area contributed by atoms with Crippen molar-refractivity contribution in [2.75, 3.05) is 19.0 Å². The molecule has 0 unspecified atom stereocenters. The first-order chi connectivity index (χ1) is 9.46. The number of nitrogens with zero attached hydrogens (tertiary/aromatic N) is 1. The number of rotatable bonds is 3. The summed E-state index contributed by atoms with van der Waals surface area (Å²) in [6.07, 6.45) is -3.18. The fraction of sp³-hybridized carbons (Fsp3) is 0.846. The van der Waals surface area contributed by atoms with Crippen LogP contribution in [0.4, 0.5) is 13.6 Å². The summed E-state index contributed by atoms with van der Waals surface area (Å²) in [5.74, 6) is -5.33. The normalized spacial score (nSPS) is 25.6. The van der Waals surface area contributed by atoms with Gasteiger partial charge in [-0.1, -0.05) is 0 Å². The predicted molar refractivity (Wildman–Crippen MR) is 72.6 cm³/mol. The van der Waals surface area contributed by atoms with Crippen LogP contribution < -0.4 is 0 Å². The molecule has 1 aliphatic rings. The summed E-state index contributed by atoms with van der Waals surface area (Å²) in [7, 11) is 0. The number of amides is 1. The molecule has 0 aromatic carbocycles. The summed E-state index contributed by atoms with van der Waals surface area (Å²) in [5.41, 5.74) is -0.816. The van der Waals surface area contributed by atoms with Crippen molar-refractivity contribution in [3.63, 3.8) is 0 Å². The fourth-order valence-electron chi connectivity index (χ4n) is 2.13. The molecule has 0 radical (unpaired) electrons. The molecule has 1 N–H and O–H groups in total. The fourth-order valence-corrected chi connectivity index (χ4v) is 2.24. The van der Waals surface area contributed by atoms with Gasteiger partial charge in [-0.2, -0.15) is 0 Å². The van der Waals surface area contributed by atoms with Crippen molar-refractivity contribution in [1.82, 2.24) is 4.90 Å². The number of aliphatic hydroxyl groups is 1. The zero-order chi connectivity index (χ0) is 16.4. The molecule has 1 heterocycles. The molecule has 0 aromatic rings. The maximum Gasteiger partial charge on any atom is 0.410 e. The van der Waals surface area contributed by atoms with E-state index in [1.807, 2.05) is 0 Å². The van der Waals surface area contributed by atoms with E-state index in [-0.39, 0.29) is 18.8 Å². The first kappa shape index (κ1) is 18.1. The Labute approximate surface area is 127 Å². The lowest BCUT2D eigenvalue weighted by Crippen LogP contribution is -2.59. The van der Waals surface area contributed by atoms with E-state index in [4.69, 9.17) is 16.3 Å². The summed E-state index contributed by atoms with van der Waals surface area (Å²) in [6.45, 7) is 3.76. The van der Waals surface area contributed by atoms with Crippen molar-refractivity contribution in [2.24, 2.45) is 5.92 Å². The van der Waals surface area contributed by atoms with Crippen molar-refractivity contribution < 1.29 is 28.2 Å². The van der Waals surface area contributed by atoms with Crippen molar-refractivity contribution >= 4 is 23.5 Å². The van der Waals surface area contributed by atoms with E-state index in [1.165, 1.54) is 0 Å². The average Bonchev–Trinajstić information content (AvgIpc) is 2.32. The molecule has 2 atom stereocenters. The van der Waals surface area contributed by atoms with E-state index in [2.05, 4.69) is 0 Å². The maximum absolute atomic E-state index is 13.8. The Bertz CT molecular complexity index is 411. The number of hydrogen-bond acceptors (Lipinski definition) is 4. The van der Waals surface area contributed by atoms with E-state index >= 15 is 0 Å². The molecule has 0 aromatic heterocycles. The smallest absolute Gasteiger partial charge is 0.410 e. The van der Waals surface area contributed by atoms with Crippen LogP contribution in [0.3, 0.4) is 0 Å². The Kier molecular flexibility index (Phi) is 5.55. The van der Waals surface area contributed by atoms with Crippen molar-refractivity contribution in [1.29, 1.82) is 0 Å². The van der Waals surface area contributed by atoms with Gasteiger partial charge in [-0.25, -0.2) is 13.6 Å². The molecule has 5 nitrogen and oxygen atoms in total. The highest BCUT2D eigenvalue weighted by Gasteiger charge is 2.51. The number of halogens is 3. The molecular formula is C13H20ClF2NO4. The second-order valence-electron chi connectivity index (χ2n) is 6.20. The summed E-state index contributed by atoms with van der Waals surface area (Å²) >= 11 is 5.35. The molecule has 0 bridgehead atoms. The number of ether oxygens (including phenoxy) is 1. The van der Waals surface area contributed by atoms with E-state index in [0.29, 0.717) is 0 Å². The number of aliphatic hydroxyl groups excluding tert-OH is 1. The molecule has 1 fully saturated rings. The van der Waals surface area contributed by atoms with Gasteiger partial charge in [-0.05, 0) is 20.8 Å². The van der Waals surface area contributed by atoms with Gasteiger partial charge in [0.25, 0.3) is 5.92 Å². The second-order valence-corrected chi connectivity index (χ2v) is 6.47. The first-order valence-electron chi connectivity index (χ1n) is 6.58. The number of alkyl halides is 3. The third-order valence-corrected chi connectivity index (χ3v) is 3.32. The molecule has 0 spiro atoms. The first-order valence-corrected chi connectivity index (χ1v) is 7.11. The largest absolute Gasteiger partial charge is 0.444 e. The summed E-state index contributed by atoms with van der Waals surface area (Å²) in [6, 6.07) is 0. The number of carbonyl (C=O) groups excluding carboxylic acids is 2. The lowest BCUT2D eigenvalue weighted by atomic mass is 9.88. The standard InChI is InChI=1S/C13H20ClF2NO4/c1-12(2,3)21-11(20)17-6-8(4-9(18)5-14)10(19)13(15,16)7-17/h8,10,19H,4-7H2,1-3H3/t8-,10-/m1/s1. The maximum atomic E-state index is 13.8. The number of ketones is 1. The van der Waals surface area contributed by atoms with Gasteiger partial charge >= 0.3 is 6.09 Å². The third kappa shape index (κ3) is 5.07. The molecule has 1 saturated heterocycles. The van der Waals surface area contributed by atoms with Crippen LogP contribution in [0, 0.1) is 5.92 Å². The van der Waals surface area contributed by atoms with Gasteiger partial charge < -0.3 is 14.7 Å². The van der Waals surface area contributed by atoms with Gasteiger partial charge in [0, 0.05) is 18.9 Å². The van der Waals surface area contributed by atoms with Crippen molar-refractivity contribution in [3.8, 4) is 0 Å². The molecular weight excluding hydrogens is 308 g/mol. The summed E-state index contributed by atoms with van der Waals surface area (Å²) in [4.78, 5) is 24.0. The van der Waals surface area contributed by atoms with Crippen LogP contribution >= 0.6 is 11.6 Å². The third-order valence-electron chi connectivity index (χ3n) is 3.03. The molecule has 0 aliphatic carbocycles. The van der Waals surface area contributed by atoms with Gasteiger partial charge in [-0.15, -0.1) is 11.6 Å². The second kappa shape index (κ2) is 6.44. The number of likely N-dealkylation sites (tertiary alicyclic amines) is 1. The van der Waals surface area contributed by atoms with Crippen LogP contribution in [0.15, 0.2) is 0 Å². The zero-order valence-electron chi connectivity index (χ0n) is 12.2. The Hall–Kier alpha value is -0.950. The van der Waals surface area contributed by atoms with E-state index < -0.39 is 42.0 Å². The van der Waals surface area contributed by atoms with Crippen LogP contribution in [0.2, 0.25) is 0 Å². The molecule has 1 amide bonds. The minimum absolute atomic E-state index is 0.172. The average molecular weight is 328 g/mol. The molecule has 122 valence electrons. The van der Waals surface area contributed by atoms with Gasteiger partial charge in [0.05, 0.1) is 12.4 Å². The van der Waals surface area contributed by atoms with E-state index in [0.717, 1.165) is 4.90 Å². The topological polar surface area (TPSA) is 66.8 Å². The molecule has 1 rings (SSSR count). The van der Waals surface area contributed by atoms with Crippen LogP contribution in [-0.2, 0) is 9.53 Å². The van der Waals surface area contributed by atoms with Crippen molar-refractivity contribution in [3.05, 3.63) is 0 Å². The highest BCUT2D eigenvalue weighted by molar-refractivity contribution is 6.27. The molecule has 8 heteroatoms. The Morgan fingerprint density at radius 1 is 1.43 bits per heavy atom. The highest BCUT2D eigenvalue weighted by atomic mass is 35.5. The molecule has 21 heavy (non-hydrogen) atoms. The Balaban J connectivity index is 2.84. The lowest BCUT2D eigenvalue weighted by molar-refractivity contribution is -0.173. The van der Waals surface area contributed by atoms with Gasteiger partial charge in [0.15, 0.2) is 0 Å². The van der Waals surface area contributed by atoms with E-state index in [1.54, 1.807) is 20.8 Å². The van der Waals surface area contributed by atoms with Crippen LogP contribution in [0.1, 0.15) is 27.2 Å². The Morgan fingerprint density at radius 2 is 2.00 bits per heavy atom. The van der Waals surface area contributed by atoms with Crippen LogP contribution in [-0.4, -0.2) is 58.5 Å². The highest BCUT2D eigenvalue weighted by Crippen LogP contribution is 2.33. The van der Waals surface area contributed by atoms with E-state index in [9.17, 15) is 23.5 Å². The van der Waals surface area contributed by atoms with Crippen LogP contribution in [0.5, 0.6) is 0 Å². The number of Topliss-reactive ketones (excluding diaryl/α,β-unsaturated/α-hetero) is 1. The Morgan fingerprint density at radius 3 is 2.48 bits per heavy atom. The zero-order valence-corrected chi connectivity index (χ0v) is 13.0. The SMILES string of the molecule is CC(C)(C)OC(=O)N1C[C@@H](CC(=O)CCl)[C@@H](O)C(F)(F)C1. The minimum Gasteiger partial charge on any atom is -0.444 e. The quantitative estimate of drug-likeness (QED) is 0.806. The molecule has 0 saturated carbocycles. The predicted octanol–water partition coefficient (Wildman–Crippen LogP) is 2.05. The summed E-state index contributed by atoms with van der Waals surface area (Å²) < 4.78 is 32.7. The monoisotopic (exact) mass is 327 g/mol. The van der Waals surface area contributed by atoms with Gasteiger partial charge in [0.2, 0.25) is 0 Å². The molecule has 1 aliphatic heterocycles. The lowest BCUT2D eigenvalue weighted by Gasteiger charge is -2.41. The number of hydrogen-bond donors (Lipinski definition) is 1. The number of piperidine rings is 1. The number of carbonyl (C=O) groups is 2. The summed E-state index contributed by atoms with van der Waals surface area (Å²) in [5, 5.41) is 9.65. The van der Waals surface area contributed by atoms with Gasteiger partial charge in [0.1, 0.15) is 17.5 Å². The van der Waals surface area contributed by atoms with Gasteiger partial charge in [-0.3, -0.25) is 4.79 Å². The van der Waals surface area contributed by atoms with Crippen LogP contribution in [0.25, 0.3) is 0 Å². The minimum atomic E-state index is -3.49. The van der Waals surface area contributed by atoms with Crippen molar-refractivity contribution in [2.45, 2.75) is 44.8 Å².